The van der Waals surface area contributed by atoms with Gasteiger partial charge < -0.3 is 10.1 Å². The maximum atomic E-state index is 14.5. The number of amides is 3. The number of ether oxygens (including phenoxy) is 1. The van der Waals surface area contributed by atoms with Crippen molar-refractivity contribution in [3.63, 3.8) is 0 Å². The Kier molecular flexibility index (Phi) is 6.18. The fourth-order valence-corrected chi connectivity index (χ4v) is 7.78. The largest absolute Gasteiger partial charge is 0.381 e. The molecule has 2 spiro atoms. The van der Waals surface area contributed by atoms with E-state index in [9.17, 15) is 18.0 Å². The number of imide groups is 1. The molecule has 1 saturated heterocycles. The Bertz CT molecular complexity index is 1390. The number of sulfone groups is 1. The summed E-state index contributed by atoms with van der Waals surface area (Å²) in [7, 11) is -1.67. The maximum Gasteiger partial charge on any atom is 0.325 e. The fourth-order valence-electron chi connectivity index (χ4n) is 7.09. The van der Waals surface area contributed by atoms with Crippen LogP contribution >= 0.6 is 0 Å². The summed E-state index contributed by atoms with van der Waals surface area (Å²) in [5.74, 6) is 0.597. The molecule has 1 unspecified atom stereocenters. The van der Waals surface area contributed by atoms with Gasteiger partial charge in [-0.3, -0.25) is 9.69 Å². The molecule has 202 valence electrons. The number of benzene rings is 2. The SMILES string of the molecule is COC1CCC2(CC1)Cc1ccc(CCC3CC3)cc1C21NC(=O)N(Cc2cccc(S(C)(=O)=O)c2)C1=O. The third kappa shape index (κ3) is 4.16. The quantitative estimate of drug-likeness (QED) is 0.526. The number of carbonyl (C=O) groups excluding carboxylic acids is 2. The number of carbonyl (C=O) groups is 2. The standard InChI is InChI=1S/C30H36N2O5S/c1-37-24-12-14-29(15-13-24)18-23-11-10-21(9-8-20-6-7-20)17-26(23)30(29)27(33)32(28(34)31-30)19-22-4-3-5-25(16-22)38(2,35)36/h3-5,10-11,16-17,20,24H,6-9,12-15,18-19H2,1-2H3,(H,31,34). The Morgan fingerprint density at radius 2 is 1.79 bits per heavy atom. The summed E-state index contributed by atoms with van der Waals surface area (Å²) in [5.41, 5.74) is 2.41. The molecular weight excluding hydrogens is 500 g/mol. The van der Waals surface area contributed by atoms with Gasteiger partial charge in [0.15, 0.2) is 15.4 Å². The minimum Gasteiger partial charge on any atom is -0.381 e. The van der Waals surface area contributed by atoms with Crippen molar-refractivity contribution in [2.75, 3.05) is 13.4 Å². The molecule has 0 aromatic heterocycles. The van der Waals surface area contributed by atoms with E-state index in [1.807, 2.05) is 0 Å². The van der Waals surface area contributed by atoms with Crippen molar-refractivity contribution in [3.8, 4) is 0 Å². The van der Waals surface area contributed by atoms with Crippen LogP contribution in [0.3, 0.4) is 0 Å². The van der Waals surface area contributed by atoms with Gasteiger partial charge in [0.05, 0.1) is 17.5 Å². The van der Waals surface area contributed by atoms with Crippen LogP contribution in [0.25, 0.3) is 0 Å². The summed E-state index contributed by atoms with van der Waals surface area (Å²) >= 11 is 0. The highest BCUT2D eigenvalue weighted by atomic mass is 32.2. The van der Waals surface area contributed by atoms with Gasteiger partial charge in [0, 0.05) is 18.8 Å². The molecule has 2 aromatic rings. The average molecular weight is 537 g/mol. The molecule has 7 nitrogen and oxygen atoms in total. The highest BCUT2D eigenvalue weighted by Gasteiger charge is 2.68. The summed E-state index contributed by atoms with van der Waals surface area (Å²) in [6, 6.07) is 12.6. The molecule has 38 heavy (non-hydrogen) atoms. The van der Waals surface area contributed by atoms with Gasteiger partial charge >= 0.3 is 6.03 Å². The number of methoxy groups -OCH3 is 1. The van der Waals surface area contributed by atoms with Crippen molar-refractivity contribution >= 4 is 21.8 Å². The molecule has 3 fully saturated rings. The molecule has 6 rings (SSSR count). The van der Waals surface area contributed by atoms with Gasteiger partial charge in [-0.25, -0.2) is 13.2 Å². The van der Waals surface area contributed by atoms with Crippen molar-refractivity contribution in [1.82, 2.24) is 10.2 Å². The highest BCUT2D eigenvalue weighted by molar-refractivity contribution is 7.90. The van der Waals surface area contributed by atoms with Crippen LogP contribution in [-0.2, 0) is 44.3 Å². The zero-order chi connectivity index (χ0) is 26.7. The number of nitrogens with zero attached hydrogens (tertiary/aromatic N) is 1. The number of hydrogen-bond donors (Lipinski definition) is 1. The number of fused-ring (bicyclic) bond motifs is 3. The van der Waals surface area contributed by atoms with Crippen LogP contribution in [0.5, 0.6) is 0 Å². The molecule has 3 amide bonds. The minimum atomic E-state index is -3.41. The van der Waals surface area contributed by atoms with E-state index >= 15 is 0 Å². The normalized spacial score (nSPS) is 28.8. The van der Waals surface area contributed by atoms with Crippen molar-refractivity contribution < 1.29 is 22.7 Å². The lowest BCUT2D eigenvalue weighted by molar-refractivity contribution is -0.139. The summed E-state index contributed by atoms with van der Waals surface area (Å²) in [6.45, 7) is 0.0310. The van der Waals surface area contributed by atoms with Crippen molar-refractivity contribution in [2.45, 2.75) is 80.9 Å². The molecule has 0 radical (unpaired) electrons. The van der Waals surface area contributed by atoms with Crippen LogP contribution in [0.2, 0.25) is 0 Å². The van der Waals surface area contributed by atoms with Crippen LogP contribution in [0, 0.1) is 11.3 Å². The van der Waals surface area contributed by atoms with Gasteiger partial charge in [0.25, 0.3) is 5.91 Å². The van der Waals surface area contributed by atoms with Crippen LogP contribution in [0.4, 0.5) is 4.79 Å². The predicted molar refractivity (Wildman–Crippen MR) is 143 cm³/mol. The molecule has 3 aliphatic carbocycles. The second kappa shape index (κ2) is 9.19. The lowest BCUT2D eigenvalue weighted by Gasteiger charge is -2.46. The molecular formula is C30H36N2O5S. The summed E-state index contributed by atoms with van der Waals surface area (Å²) < 4.78 is 29.9. The Balaban J connectivity index is 1.38. The van der Waals surface area contributed by atoms with Crippen molar-refractivity contribution in [2.24, 2.45) is 11.3 Å². The Morgan fingerprint density at radius 1 is 1.03 bits per heavy atom. The van der Waals surface area contributed by atoms with Gasteiger partial charge in [0.2, 0.25) is 0 Å². The van der Waals surface area contributed by atoms with E-state index in [1.54, 1.807) is 25.3 Å². The summed E-state index contributed by atoms with van der Waals surface area (Å²) in [4.78, 5) is 29.5. The molecule has 1 atom stereocenters. The number of hydrogen-bond acceptors (Lipinski definition) is 5. The number of urea groups is 1. The maximum absolute atomic E-state index is 14.5. The smallest absolute Gasteiger partial charge is 0.325 e. The molecule has 0 bridgehead atoms. The Labute approximate surface area is 224 Å². The highest BCUT2D eigenvalue weighted by Crippen LogP contribution is 2.60. The van der Waals surface area contributed by atoms with Crippen LogP contribution < -0.4 is 5.32 Å². The van der Waals surface area contributed by atoms with E-state index in [2.05, 4.69) is 23.5 Å². The zero-order valence-electron chi connectivity index (χ0n) is 22.2. The number of nitrogens with one attached hydrogen (secondary N) is 1. The van der Waals surface area contributed by atoms with Gasteiger partial charge in [0.1, 0.15) is 0 Å². The van der Waals surface area contributed by atoms with E-state index in [0.29, 0.717) is 5.56 Å². The van der Waals surface area contributed by atoms with E-state index in [-0.39, 0.29) is 23.5 Å². The predicted octanol–water partition coefficient (Wildman–Crippen LogP) is 4.51. The molecule has 2 aromatic carbocycles. The minimum absolute atomic E-state index is 0.0310. The first-order valence-corrected chi connectivity index (χ1v) is 15.6. The van der Waals surface area contributed by atoms with E-state index in [0.717, 1.165) is 68.2 Å². The first-order chi connectivity index (χ1) is 18.1. The third-order valence-corrected chi connectivity index (χ3v) is 10.5. The van der Waals surface area contributed by atoms with Crippen LogP contribution in [0.1, 0.15) is 67.2 Å². The zero-order valence-corrected chi connectivity index (χ0v) is 23.0. The molecule has 8 heteroatoms. The second-order valence-electron chi connectivity index (χ2n) is 11.9. The Morgan fingerprint density at radius 3 is 2.47 bits per heavy atom. The van der Waals surface area contributed by atoms with Gasteiger partial charge in [-0.15, -0.1) is 0 Å². The Hall–Kier alpha value is -2.71. The molecule has 1 heterocycles. The average Bonchev–Trinajstić information content (AvgIpc) is 3.65. The second-order valence-corrected chi connectivity index (χ2v) is 13.9. The van der Waals surface area contributed by atoms with Crippen molar-refractivity contribution in [1.29, 1.82) is 0 Å². The fraction of sp³-hybridized carbons (Fsp3) is 0.533. The summed E-state index contributed by atoms with van der Waals surface area (Å²) in [5, 5.41) is 3.23. The first kappa shape index (κ1) is 25.6. The topological polar surface area (TPSA) is 92.8 Å². The van der Waals surface area contributed by atoms with E-state index in [4.69, 9.17) is 4.74 Å². The van der Waals surface area contributed by atoms with Crippen molar-refractivity contribution in [3.05, 3.63) is 64.7 Å². The monoisotopic (exact) mass is 536 g/mol. The summed E-state index contributed by atoms with van der Waals surface area (Å²) in [6.07, 6.45) is 10.1. The molecule has 4 aliphatic rings. The van der Waals surface area contributed by atoms with Gasteiger partial charge in [-0.1, -0.05) is 43.2 Å². The first-order valence-electron chi connectivity index (χ1n) is 13.7. The number of rotatable bonds is 7. The molecule has 2 saturated carbocycles. The molecule has 1 N–H and O–H groups in total. The van der Waals surface area contributed by atoms with Gasteiger partial charge in [-0.05, 0) is 85.3 Å². The van der Waals surface area contributed by atoms with Gasteiger partial charge in [-0.2, -0.15) is 0 Å². The lowest BCUT2D eigenvalue weighted by Crippen LogP contribution is -2.56. The van der Waals surface area contributed by atoms with E-state index < -0.39 is 26.8 Å². The van der Waals surface area contributed by atoms with E-state index in [1.165, 1.54) is 29.4 Å². The molecule has 1 aliphatic heterocycles. The number of aryl methyl sites for hydroxylation is 1. The van der Waals surface area contributed by atoms with Crippen LogP contribution in [-0.4, -0.2) is 44.7 Å². The lowest BCUT2D eigenvalue weighted by atomic mass is 9.61. The van der Waals surface area contributed by atoms with Crippen LogP contribution in [0.15, 0.2) is 47.4 Å². The third-order valence-electron chi connectivity index (χ3n) is 9.44.